The van der Waals surface area contributed by atoms with Gasteiger partial charge in [0.2, 0.25) is 5.91 Å². The molecule has 1 saturated heterocycles. The number of carbonyl (C=O) groups is 1. The minimum Gasteiger partial charge on any atom is -0.378 e. The van der Waals surface area contributed by atoms with E-state index in [1.165, 1.54) is 5.56 Å². The van der Waals surface area contributed by atoms with Crippen LogP contribution in [0.15, 0.2) is 54.6 Å². The van der Waals surface area contributed by atoms with Crippen molar-refractivity contribution in [3.63, 3.8) is 0 Å². The van der Waals surface area contributed by atoms with Gasteiger partial charge in [-0.15, -0.1) is 12.4 Å². The average Bonchev–Trinajstić information content (AvgIpc) is 2.67. The predicted molar refractivity (Wildman–Crippen MR) is 109 cm³/mol. The number of benzene rings is 2. The lowest BCUT2D eigenvalue weighted by atomic mass is 10.1. The van der Waals surface area contributed by atoms with Gasteiger partial charge >= 0.3 is 0 Å². The second-order valence-electron chi connectivity index (χ2n) is 6.47. The van der Waals surface area contributed by atoms with Crippen LogP contribution in [-0.4, -0.2) is 38.3 Å². The molecule has 1 aliphatic heterocycles. The third-order valence-corrected chi connectivity index (χ3v) is 4.29. The molecule has 27 heavy (non-hydrogen) atoms. The van der Waals surface area contributed by atoms with Gasteiger partial charge < -0.3 is 20.1 Å². The molecular formula is C21H27ClN2O3. The third kappa shape index (κ3) is 7.69. The molecule has 146 valence electrons. The summed E-state index contributed by atoms with van der Waals surface area (Å²) in [5.41, 5.74) is 3.12. The fourth-order valence-corrected chi connectivity index (χ4v) is 2.95. The fraction of sp³-hybridized carbons (Fsp3) is 0.381. The first-order chi connectivity index (χ1) is 12.8. The summed E-state index contributed by atoms with van der Waals surface area (Å²) in [7, 11) is 0. The number of morpholine rings is 1. The van der Waals surface area contributed by atoms with Gasteiger partial charge in [-0.3, -0.25) is 4.79 Å². The highest BCUT2D eigenvalue weighted by atomic mass is 35.5. The molecule has 2 aromatic carbocycles. The molecule has 1 aliphatic rings. The quantitative estimate of drug-likeness (QED) is 0.679. The third-order valence-electron chi connectivity index (χ3n) is 4.29. The Labute approximate surface area is 166 Å². The molecule has 2 N–H and O–H groups in total. The summed E-state index contributed by atoms with van der Waals surface area (Å²) in [6.07, 6.45) is 1.31. The van der Waals surface area contributed by atoms with E-state index in [2.05, 4.69) is 22.8 Å². The van der Waals surface area contributed by atoms with E-state index < -0.39 is 0 Å². The summed E-state index contributed by atoms with van der Waals surface area (Å²) >= 11 is 0. The Morgan fingerprint density at radius 2 is 1.96 bits per heavy atom. The molecule has 5 nitrogen and oxygen atoms in total. The normalized spacial score (nSPS) is 16.4. The van der Waals surface area contributed by atoms with Crippen LogP contribution in [0.4, 0.5) is 5.69 Å². The zero-order chi connectivity index (χ0) is 18.0. The van der Waals surface area contributed by atoms with Crippen molar-refractivity contribution in [3.05, 3.63) is 65.7 Å². The SMILES string of the molecule is Cl.O=C(CC1COCCN1)Nc1cccc(COCCc2ccccc2)c1. The summed E-state index contributed by atoms with van der Waals surface area (Å²) < 4.78 is 11.1. The van der Waals surface area contributed by atoms with E-state index in [1.54, 1.807) is 0 Å². The van der Waals surface area contributed by atoms with E-state index in [0.29, 0.717) is 32.8 Å². The number of hydrogen-bond acceptors (Lipinski definition) is 4. The van der Waals surface area contributed by atoms with Crippen LogP contribution < -0.4 is 10.6 Å². The van der Waals surface area contributed by atoms with Crippen molar-refractivity contribution in [2.75, 3.05) is 31.7 Å². The molecule has 0 aromatic heterocycles. The Morgan fingerprint density at radius 1 is 1.15 bits per heavy atom. The Morgan fingerprint density at radius 3 is 2.74 bits per heavy atom. The van der Waals surface area contributed by atoms with Gasteiger partial charge in [-0.1, -0.05) is 42.5 Å². The molecule has 0 bridgehead atoms. The first-order valence-electron chi connectivity index (χ1n) is 9.11. The maximum atomic E-state index is 12.2. The van der Waals surface area contributed by atoms with Crippen LogP contribution in [-0.2, 0) is 27.3 Å². The maximum absolute atomic E-state index is 12.2. The lowest BCUT2D eigenvalue weighted by molar-refractivity contribution is -0.117. The standard InChI is InChI=1S/C21H26N2O3.ClH/c24-21(14-20-16-26-12-10-22-20)23-19-8-4-7-18(13-19)15-25-11-9-17-5-2-1-3-6-17;/h1-8,13,20,22H,9-12,14-16H2,(H,23,24);1H. The average molecular weight is 391 g/mol. The second kappa shape index (κ2) is 11.7. The number of amides is 1. The molecule has 2 aromatic rings. The van der Waals surface area contributed by atoms with Crippen LogP contribution in [0.3, 0.4) is 0 Å². The Kier molecular flexibility index (Phi) is 9.28. The van der Waals surface area contributed by atoms with Crippen molar-refractivity contribution < 1.29 is 14.3 Å². The molecule has 6 heteroatoms. The first-order valence-corrected chi connectivity index (χ1v) is 9.11. The number of halogens is 1. The Bertz CT molecular complexity index is 691. The minimum absolute atomic E-state index is 0. The van der Waals surface area contributed by atoms with E-state index in [9.17, 15) is 4.79 Å². The van der Waals surface area contributed by atoms with Crippen LogP contribution in [0.5, 0.6) is 0 Å². The molecule has 1 fully saturated rings. The van der Waals surface area contributed by atoms with Crippen LogP contribution in [0, 0.1) is 0 Å². The van der Waals surface area contributed by atoms with E-state index in [0.717, 1.165) is 24.2 Å². The molecule has 0 radical (unpaired) electrons. The Hall–Kier alpha value is -1.92. The molecule has 1 heterocycles. The van der Waals surface area contributed by atoms with E-state index in [4.69, 9.17) is 9.47 Å². The number of carbonyl (C=O) groups excluding carboxylic acids is 1. The zero-order valence-corrected chi connectivity index (χ0v) is 16.2. The molecule has 0 saturated carbocycles. The van der Waals surface area contributed by atoms with Gasteiger partial charge in [-0.25, -0.2) is 0 Å². The van der Waals surface area contributed by atoms with Crippen molar-refractivity contribution in [2.45, 2.75) is 25.5 Å². The summed E-state index contributed by atoms with van der Waals surface area (Å²) in [6, 6.07) is 18.2. The van der Waals surface area contributed by atoms with E-state index in [1.807, 2.05) is 42.5 Å². The number of nitrogens with one attached hydrogen (secondary N) is 2. The van der Waals surface area contributed by atoms with Crippen LogP contribution in [0.1, 0.15) is 17.5 Å². The van der Waals surface area contributed by atoms with Gasteiger partial charge in [0.1, 0.15) is 0 Å². The number of rotatable bonds is 8. The van der Waals surface area contributed by atoms with Crippen LogP contribution in [0.25, 0.3) is 0 Å². The molecule has 1 unspecified atom stereocenters. The molecule has 3 rings (SSSR count). The summed E-state index contributed by atoms with van der Waals surface area (Å²) in [6.45, 7) is 3.31. The highest BCUT2D eigenvalue weighted by molar-refractivity contribution is 5.91. The van der Waals surface area contributed by atoms with Gasteiger partial charge in [0, 0.05) is 24.7 Å². The van der Waals surface area contributed by atoms with Gasteiger partial charge in [0.15, 0.2) is 0 Å². The molecular weight excluding hydrogens is 364 g/mol. The molecule has 1 amide bonds. The highest BCUT2D eigenvalue weighted by Crippen LogP contribution is 2.13. The lowest BCUT2D eigenvalue weighted by Gasteiger charge is -2.23. The van der Waals surface area contributed by atoms with Crippen molar-refractivity contribution in [1.82, 2.24) is 5.32 Å². The number of hydrogen-bond donors (Lipinski definition) is 2. The first kappa shape index (κ1) is 21.4. The van der Waals surface area contributed by atoms with Crippen molar-refractivity contribution in [2.24, 2.45) is 0 Å². The molecule has 0 aliphatic carbocycles. The van der Waals surface area contributed by atoms with E-state index in [-0.39, 0.29) is 24.4 Å². The molecule has 0 spiro atoms. The number of anilines is 1. The predicted octanol–water partition coefficient (Wildman–Crippen LogP) is 3.18. The van der Waals surface area contributed by atoms with Crippen LogP contribution >= 0.6 is 12.4 Å². The summed E-state index contributed by atoms with van der Waals surface area (Å²) in [5, 5.41) is 6.24. The summed E-state index contributed by atoms with van der Waals surface area (Å²) in [5.74, 6) is -0.00449. The largest absolute Gasteiger partial charge is 0.378 e. The van der Waals surface area contributed by atoms with Crippen LogP contribution in [0.2, 0.25) is 0 Å². The number of ether oxygens (including phenoxy) is 2. The summed E-state index contributed by atoms with van der Waals surface area (Å²) in [4.78, 5) is 12.2. The zero-order valence-electron chi connectivity index (χ0n) is 15.4. The van der Waals surface area contributed by atoms with Gasteiger partial charge in [0.05, 0.1) is 26.4 Å². The fourth-order valence-electron chi connectivity index (χ4n) is 2.95. The highest BCUT2D eigenvalue weighted by Gasteiger charge is 2.16. The minimum atomic E-state index is -0.00449. The van der Waals surface area contributed by atoms with Crippen molar-refractivity contribution >= 4 is 24.0 Å². The Balaban J connectivity index is 0.00000261. The van der Waals surface area contributed by atoms with E-state index >= 15 is 0 Å². The lowest BCUT2D eigenvalue weighted by Crippen LogP contribution is -2.43. The monoisotopic (exact) mass is 390 g/mol. The van der Waals surface area contributed by atoms with Crippen molar-refractivity contribution in [3.8, 4) is 0 Å². The second-order valence-corrected chi connectivity index (χ2v) is 6.47. The van der Waals surface area contributed by atoms with Gasteiger partial charge in [-0.05, 0) is 29.7 Å². The van der Waals surface area contributed by atoms with Crippen molar-refractivity contribution in [1.29, 1.82) is 0 Å². The topological polar surface area (TPSA) is 59.6 Å². The van der Waals surface area contributed by atoms with Gasteiger partial charge in [-0.2, -0.15) is 0 Å². The smallest absolute Gasteiger partial charge is 0.226 e. The van der Waals surface area contributed by atoms with Gasteiger partial charge in [0.25, 0.3) is 0 Å². The molecule has 1 atom stereocenters. The maximum Gasteiger partial charge on any atom is 0.226 e.